The second-order valence-corrected chi connectivity index (χ2v) is 5.53. The molecule has 0 amide bonds. The van der Waals surface area contributed by atoms with Gasteiger partial charge in [0.2, 0.25) is 0 Å². The first-order valence-electron chi connectivity index (χ1n) is 6.85. The second kappa shape index (κ2) is 5.57. The minimum absolute atomic E-state index is 0.194. The Kier molecular flexibility index (Phi) is 4.05. The van der Waals surface area contributed by atoms with Crippen LogP contribution in [0.25, 0.3) is 0 Å². The van der Waals surface area contributed by atoms with E-state index in [1.807, 2.05) is 0 Å². The van der Waals surface area contributed by atoms with Crippen LogP contribution in [0.2, 0.25) is 0 Å². The smallest absolute Gasteiger partial charge is 0.0650 e. The van der Waals surface area contributed by atoms with Gasteiger partial charge in [0.25, 0.3) is 0 Å². The lowest BCUT2D eigenvalue weighted by Crippen LogP contribution is -2.14. The lowest BCUT2D eigenvalue weighted by Gasteiger charge is -2.15. The maximum Gasteiger partial charge on any atom is 0.0650 e. The van der Waals surface area contributed by atoms with Crippen LogP contribution in [0.1, 0.15) is 53.8 Å². The van der Waals surface area contributed by atoms with Gasteiger partial charge in [-0.2, -0.15) is 5.10 Å². The van der Waals surface area contributed by atoms with E-state index in [4.69, 9.17) is 5.73 Å². The van der Waals surface area contributed by atoms with Crippen molar-refractivity contribution < 1.29 is 0 Å². The Morgan fingerprint density at radius 3 is 2.42 bits per heavy atom. The van der Waals surface area contributed by atoms with Gasteiger partial charge in [-0.3, -0.25) is 5.10 Å². The molecule has 0 saturated carbocycles. The maximum atomic E-state index is 5.96. The van der Waals surface area contributed by atoms with E-state index in [0.717, 1.165) is 11.4 Å². The van der Waals surface area contributed by atoms with Crippen molar-refractivity contribution in [3.05, 3.63) is 52.3 Å². The van der Waals surface area contributed by atoms with E-state index in [-0.39, 0.29) is 5.92 Å². The molecule has 3 N–H and O–H groups in total. The van der Waals surface area contributed by atoms with Gasteiger partial charge in [-0.05, 0) is 42.5 Å². The Morgan fingerprint density at radius 2 is 1.89 bits per heavy atom. The van der Waals surface area contributed by atoms with Crippen LogP contribution in [0.15, 0.2) is 24.3 Å². The highest BCUT2D eigenvalue weighted by Gasteiger charge is 2.16. The molecule has 2 aromatic rings. The molecule has 0 fully saturated rings. The van der Waals surface area contributed by atoms with Crippen molar-refractivity contribution in [2.45, 2.75) is 39.5 Å². The second-order valence-electron chi connectivity index (χ2n) is 5.53. The summed E-state index contributed by atoms with van der Waals surface area (Å²) in [5, 5.41) is 7.51. The van der Waals surface area contributed by atoms with Gasteiger partial charge in [0.05, 0.1) is 5.69 Å². The third-order valence-electron chi connectivity index (χ3n) is 3.75. The van der Waals surface area contributed by atoms with E-state index in [1.54, 1.807) is 0 Å². The quantitative estimate of drug-likeness (QED) is 0.883. The van der Waals surface area contributed by atoms with Crippen molar-refractivity contribution >= 4 is 0 Å². The van der Waals surface area contributed by atoms with Crippen molar-refractivity contribution in [1.29, 1.82) is 0 Å². The highest BCUT2D eigenvalue weighted by molar-refractivity contribution is 5.36. The number of rotatable bonds is 4. The molecule has 0 spiro atoms. The topological polar surface area (TPSA) is 54.7 Å². The van der Waals surface area contributed by atoms with Crippen molar-refractivity contribution in [3.8, 4) is 0 Å². The van der Waals surface area contributed by atoms with Gasteiger partial charge < -0.3 is 5.73 Å². The minimum Gasteiger partial charge on any atom is -0.329 e. The summed E-state index contributed by atoms with van der Waals surface area (Å²) in [6, 6.07) is 8.68. The molecule has 0 aliphatic heterocycles. The fourth-order valence-corrected chi connectivity index (χ4v) is 2.25. The molecule has 2 rings (SSSR count). The number of aryl methyl sites for hydroxylation is 2. The predicted molar refractivity (Wildman–Crippen MR) is 79.5 cm³/mol. The molecule has 1 atom stereocenters. The average molecular weight is 257 g/mol. The largest absolute Gasteiger partial charge is 0.329 e. The highest BCUT2D eigenvalue weighted by Crippen LogP contribution is 2.26. The standard InChI is InChI=1S/C16H23N3/c1-10(2)15-8-16(19-18-15)14(9-17)13-6-5-11(3)12(4)7-13/h5-8,10,14H,9,17H2,1-4H3,(H,18,19). The molecule has 0 radical (unpaired) electrons. The molecule has 1 unspecified atom stereocenters. The van der Waals surface area contributed by atoms with Crippen LogP contribution in [0.5, 0.6) is 0 Å². The Bertz CT molecular complexity index is 555. The SMILES string of the molecule is Cc1ccc(C(CN)c2cc(C(C)C)n[nH]2)cc1C. The van der Waals surface area contributed by atoms with E-state index in [0.29, 0.717) is 12.5 Å². The third-order valence-corrected chi connectivity index (χ3v) is 3.75. The zero-order chi connectivity index (χ0) is 14.0. The van der Waals surface area contributed by atoms with Gasteiger partial charge in [-0.25, -0.2) is 0 Å². The summed E-state index contributed by atoms with van der Waals surface area (Å²) in [5.41, 5.74) is 12.0. The predicted octanol–water partition coefficient (Wildman–Crippen LogP) is 3.24. The molecule has 3 nitrogen and oxygen atoms in total. The van der Waals surface area contributed by atoms with Crippen LogP contribution in [-0.2, 0) is 0 Å². The maximum absolute atomic E-state index is 5.96. The summed E-state index contributed by atoms with van der Waals surface area (Å²) in [7, 11) is 0. The lowest BCUT2D eigenvalue weighted by atomic mass is 9.92. The number of aromatic nitrogens is 2. The van der Waals surface area contributed by atoms with E-state index in [2.05, 4.69) is 62.2 Å². The number of nitrogens with zero attached hydrogens (tertiary/aromatic N) is 1. The molecule has 1 aromatic carbocycles. The number of benzene rings is 1. The third kappa shape index (κ3) is 2.87. The Labute approximate surface area is 115 Å². The van der Waals surface area contributed by atoms with Crippen molar-refractivity contribution in [2.75, 3.05) is 6.54 Å². The molecule has 0 saturated heterocycles. The van der Waals surface area contributed by atoms with Crippen molar-refractivity contribution in [1.82, 2.24) is 10.2 Å². The first-order chi connectivity index (χ1) is 9.02. The summed E-state index contributed by atoms with van der Waals surface area (Å²) < 4.78 is 0. The lowest BCUT2D eigenvalue weighted by molar-refractivity contribution is 0.771. The molecule has 3 heteroatoms. The normalized spacial score (nSPS) is 12.9. The average Bonchev–Trinajstić information content (AvgIpc) is 2.84. The molecule has 102 valence electrons. The van der Waals surface area contributed by atoms with Gasteiger partial charge in [-0.15, -0.1) is 0 Å². The highest BCUT2D eigenvalue weighted by atomic mass is 15.1. The molecule has 1 aromatic heterocycles. The molecule has 19 heavy (non-hydrogen) atoms. The first-order valence-corrected chi connectivity index (χ1v) is 6.85. The zero-order valence-electron chi connectivity index (χ0n) is 12.2. The van der Waals surface area contributed by atoms with E-state index >= 15 is 0 Å². The van der Waals surface area contributed by atoms with Crippen LogP contribution < -0.4 is 5.73 Å². The number of nitrogens with two attached hydrogens (primary N) is 1. The van der Waals surface area contributed by atoms with Gasteiger partial charge in [0.1, 0.15) is 0 Å². The summed E-state index contributed by atoms with van der Waals surface area (Å²) in [4.78, 5) is 0. The number of hydrogen-bond donors (Lipinski definition) is 2. The first kappa shape index (κ1) is 13.8. The van der Waals surface area contributed by atoms with Crippen LogP contribution in [0.3, 0.4) is 0 Å². The fourth-order valence-electron chi connectivity index (χ4n) is 2.25. The number of aromatic amines is 1. The van der Waals surface area contributed by atoms with Crippen molar-refractivity contribution in [2.24, 2.45) is 5.73 Å². The molecule has 0 bridgehead atoms. The van der Waals surface area contributed by atoms with Gasteiger partial charge in [0.15, 0.2) is 0 Å². The minimum atomic E-state index is 0.194. The molecule has 0 aliphatic rings. The number of H-pyrrole nitrogens is 1. The van der Waals surface area contributed by atoms with E-state index in [9.17, 15) is 0 Å². The summed E-state index contributed by atoms with van der Waals surface area (Å²) in [5.74, 6) is 0.627. The monoisotopic (exact) mass is 257 g/mol. The Balaban J connectivity index is 2.35. The number of hydrogen-bond acceptors (Lipinski definition) is 2. The van der Waals surface area contributed by atoms with Crippen molar-refractivity contribution in [3.63, 3.8) is 0 Å². The van der Waals surface area contributed by atoms with Gasteiger partial charge in [0, 0.05) is 18.2 Å². The Hall–Kier alpha value is -1.61. The Morgan fingerprint density at radius 1 is 1.16 bits per heavy atom. The van der Waals surface area contributed by atoms with E-state index < -0.39 is 0 Å². The summed E-state index contributed by atoms with van der Waals surface area (Å²) in [6.07, 6.45) is 0. The van der Waals surface area contributed by atoms with Crippen LogP contribution in [-0.4, -0.2) is 16.7 Å². The molecular weight excluding hydrogens is 234 g/mol. The summed E-state index contributed by atoms with van der Waals surface area (Å²) >= 11 is 0. The number of nitrogens with one attached hydrogen (secondary N) is 1. The van der Waals surface area contributed by atoms with Gasteiger partial charge >= 0.3 is 0 Å². The van der Waals surface area contributed by atoms with Crippen LogP contribution >= 0.6 is 0 Å². The van der Waals surface area contributed by atoms with Crippen LogP contribution in [0.4, 0.5) is 0 Å². The van der Waals surface area contributed by atoms with Gasteiger partial charge in [-0.1, -0.05) is 32.0 Å². The van der Waals surface area contributed by atoms with E-state index in [1.165, 1.54) is 16.7 Å². The van der Waals surface area contributed by atoms with Crippen LogP contribution in [0, 0.1) is 13.8 Å². The summed E-state index contributed by atoms with van der Waals surface area (Å²) in [6.45, 7) is 9.14. The fraction of sp³-hybridized carbons (Fsp3) is 0.438. The molecule has 1 heterocycles. The molecular formula is C16H23N3. The zero-order valence-corrected chi connectivity index (χ0v) is 12.2. The molecule has 0 aliphatic carbocycles.